The largest absolute Gasteiger partial charge is 0.495 e. The van der Waals surface area contributed by atoms with Gasteiger partial charge < -0.3 is 14.8 Å². The first-order valence-electron chi connectivity index (χ1n) is 7.50. The Balaban J connectivity index is 2.45. The van der Waals surface area contributed by atoms with E-state index in [1.807, 2.05) is 0 Å². The van der Waals surface area contributed by atoms with Crippen LogP contribution in [0, 0.1) is 6.92 Å². The maximum atomic E-state index is 12.8. The van der Waals surface area contributed by atoms with Gasteiger partial charge in [-0.3, -0.25) is 9.52 Å². The third-order valence-corrected chi connectivity index (χ3v) is 5.29. The third kappa shape index (κ3) is 4.39. The summed E-state index contributed by atoms with van der Waals surface area (Å²) in [7, 11) is -1.10. The fourth-order valence-electron chi connectivity index (χ4n) is 2.26. The van der Waals surface area contributed by atoms with E-state index in [0.29, 0.717) is 22.1 Å². The summed E-state index contributed by atoms with van der Waals surface area (Å²) < 4.78 is 38.3. The van der Waals surface area contributed by atoms with Gasteiger partial charge in [-0.2, -0.15) is 0 Å². The van der Waals surface area contributed by atoms with E-state index >= 15 is 0 Å². The highest BCUT2D eigenvalue weighted by atomic mass is 35.5. The summed E-state index contributed by atoms with van der Waals surface area (Å²) >= 11 is 6.04. The van der Waals surface area contributed by atoms with Gasteiger partial charge in [-0.25, -0.2) is 8.42 Å². The van der Waals surface area contributed by atoms with Crippen molar-refractivity contribution in [3.63, 3.8) is 0 Å². The van der Waals surface area contributed by atoms with Crippen LogP contribution in [-0.2, 0) is 14.8 Å². The van der Waals surface area contributed by atoms with E-state index in [0.717, 1.165) is 0 Å². The van der Waals surface area contributed by atoms with E-state index in [2.05, 4.69) is 10.0 Å². The van der Waals surface area contributed by atoms with Crippen LogP contribution in [-0.4, -0.2) is 28.5 Å². The molecule has 9 heteroatoms. The zero-order valence-electron chi connectivity index (χ0n) is 14.7. The van der Waals surface area contributed by atoms with Gasteiger partial charge in [-0.05, 0) is 36.8 Å². The molecule has 0 heterocycles. The molecular formula is C17H19ClN2O5S. The Bertz CT molecular complexity index is 944. The number of benzene rings is 2. The monoisotopic (exact) mass is 398 g/mol. The molecule has 26 heavy (non-hydrogen) atoms. The van der Waals surface area contributed by atoms with Gasteiger partial charge in [-0.1, -0.05) is 11.6 Å². The molecule has 0 atom stereocenters. The Hall–Kier alpha value is -2.45. The molecule has 0 bridgehead atoms. The van der Waals surface area contributed by atoms with Gasteiger partial charge in [-0.15, -0.1) is 0 Å². The Morgan fingerprint density at radius 3 is 2.27 bits per heavy atom. The fraction of sp³-hybridized carbons (Fsp3) is 0.235. The predicted octanol–water partition coefficient (Wildman–Crippen LogP) is 3.42. The number of methoxy groups -OCH3 is 2. The summed E-state index contributed by atoms with van der Waals surface area (Å²) in [6.45, 7) is 3.07. The molecule has 0 aromatic heterocycles. The fourth-order valence-corrected chi connectivity index (χ4v) is 3.50. The van der Waals surface area contributed by atoms with Crippen molar-refractivity contribution >= 4 is 38.9 Å². The molecule has 0 aliphatic rings. The molecule has 0 radical (unpaired) electrons. The number of sulfonamides is 1. The van der Waals surface area contributed by atoms with Crippen LogP contribution < -0.4 is 19.5 Å². The molecule has 0 fully saturated rings. The zero-order valence-corrected chi connectivity index (χ0v) is 16.3. The van der Waals surface area contributed by atoms with Crippen molar-refractivity contribution in [1.29, 1.82) is 0 Å². The van der Waals surface area contributed by atoms with Crippen LogP contribution in [0.15, 0.2) is 35.2 Å². The number of hydrogen-bond donors (Lipinski definition) is 2. The Labute approximate surface area is 157 Å². The van der Waals surface area contributed by atoms with Crippen LogP contribution in [0.4, 0.5) is 11.4 Å². The summed E-state index contributed by atoms with van der Waals surface area (Å²) in [5.41, 5.74) is 1.20. The van der Waals surface area contributed by atoms with Crippen molar-refractivity contribution in [1.82, 2.24) is 0 Å². The first-order chi connectivity index (χ1) is 12.2. The molecular weight excluding hydrogens is 380 g/mol. The lowest BCUT2D eigenvalue weighted by atomic mass is 10.2. The van der Waals surface area contributed by atoms with Crippen LogP contribution in [0.5, 0.6) is 11.5 Å². The SMILES string of the molecule is COc1ccc(S(=O)(=O)Nc2cc(C)c(Cl)cc2OC)cc1NC(C)=O. The number of ether oxygens (including phenoxy) is 2. The number of carbonyl (C=O) groups excluding carboxylic acids is 1. The molecule has 0 saturated heterocycles. The third-order valence-electron chi connectivity index (χ3n) is 3.52. The van der Waals surface area contributed by atoms with Crippen molar-refractivity contribution < 1.29 is 22.7 Å². The molecule has 2 N–H and O–H groups in total. The quantitative estimate of drug-likeness (QED) is 0.777. The maximum Gasteiger partial charge on any atom is 0.262 e. The highest BCUT2D eigenvalue weighted by Gasteiger charge is 2.20. The molecule has 1 amide bonds. The van der Waals surface area contributed by atoms with Crippen molar-refractivity contribution in [3.05, 3.63) is 40.9 Å². The van der Waals surface area contributed by atoms with Crippen molar-refractivity contribution in [2.45, 2.75) is 18.7 Å². The molecule has 7 nitrogen and oxygen atoms in total. The van der Waals surface area contributed by atoms with Gasteiger partial charge >= 0.3 is 0 Å². The lowest BCUT2D eigenvalue weighted by Gasteiger charge is -2.15. The Kier molecular flexibility index (Phi) is 5.99. The minimum atomic E-state index is -3.94. The number of nitrogens with one attached hydrogen (secondary N) is 2. The minimum absolute atomic E-state index is 0.0447. The van der Waals surface area contributed by atoms with Crippen LogP contribution in [0.1, 0.15) is 12.5 Å². The van der Waals surface area contributed by atoms with Gasteiger partial charge in [0.25, 0.3) is 10.0 Å². The van der Waals surface area contributed by atoms with E-state index in [1.165, 1.54) is 45.4 Å². The Morgan fingerprint density at radius 1 is 1.04 bits per heavy atom. The van der Waals surface area contributed by atoms with Crippen LogP contribution in [0.25, 0.3) is 0 Å². The first kappa shape index (κ1) is 19.9. The smallest absolute Gasteiger partial charge is 0.262 e. The number of halogens is 1. The molecule has 0 unspecified atom stereocenters. The topological polar surface area (TPSA) is 93.7 Å². The minimum Gasteiger partial charge on any atom is -0.495 e. The van der Waals surface area contributed by atoms with E-state index in [9.17, 15) is 13.2 Å². The Morgan fingerprint density at radius 2 is 1.69 bits per heavy atom. The molecule has 2 rings (SSSR count). The summed E-state index contributed by atoms with van der Waals surface area (Å²) in [6.07, 6.45) is 0. The van der Waals surface area contributed by atoms with Crippen molar-refractivity contribution in [2.24, 2.45) is 0 Å². The zero-order chi connectivity index (χ0) is 19.5. The van der Waals surface area contributed by atoms with E-state index in [1.54, 1.807) is 13.0 Å². The number of amides is 1. The lowest BCUT2D eigenvalue weighted by Crippen LogP contribution is -2.15. The van der Waals surface area contributed by atoms with Gasteiger partial charge in [0.05, 0.1) is 30.5 Å². The molecule has 0 saturated carbocycles. The first-order valence-corrected chi connectivity index (χ1v) is 9.36. The average Bonchev–Trinajstić information content (AvgIpc) is 2.57. The number of anilines is 2. The van der Waals surface area contributed by atoms with Gasteiger partial charge in [0.15, 0.2) is 0 Å². The van der Waals surface area contributed by atoms with Crippen LogP contribution >= 0.6 is 11.6 Å². The highest BCUT2D eigenvalue weighted by molar-refractivity contribution is 7.92. The van der Waals surface area contributed by atoms with Crippen molar-refractivity contribution in [2.75, 3.05) is 24.3 Å². The number of aryl methyl sites for hydroxylation is 1. The van der Waals surface area contributed by atoms with Gasteiger partial charge in [0, 0.05) is 18.0 Å². The summed E-state index contributed by atoms with van der Waals surface area (Å²) in [5, 5.41) is 3.00. The lowest BCUT2D eigenvalue weighted by molar-refractivity contribution is -0.114. The maximum absolute atomic E-state index is 12.8. The molecule has 0 spiro atoms. The van der Waals surface area contributed by atoms with Crippen LogP contribution in [0.3, 0.4) is 0 Å². The van der Waals surface area contributed by atoms with Crippen LogP contribution in [0.2, 0.25) is 5.02 Å². The normalized spacial score (nSPS) is 11.0. The number of rotatable bonds is 6. The molecule has 2 aromatic rings. The molecule has 0 aliphatic carbocycles. The molecule has 0 aliphatic heterocycles. The number of carbonyl (C=O) groups is 1. The standard InChI is InChI=1S/C17H19ClN2O5S/c1-10-7-15(17(25-4)9-13(10)18)20-26(22,23)12-5-6-16(24-3)14(8-12)19-11(2)21/h5-9,20H,1-4H3,(H,19,21). The van der Waals surface area contributed by atoms with Gasteiger partial charge in [0.1, 0.15) is 11.5 Å². The summed E-state index contributed by atoms with van der Waals surface area (Å²) in [5.74, 6) is 0.291. The second-order valence-electron chi connectivity index (χ2n) is 5.45. The highest BCUT2D eigenvalue weighted by Crippen LogP contribution is 2.33. The molecule has 140 valence electrons. The average molecular weight is 399 g/mol. The second kappa shape index (κ2) is 7.84. The van der Waals surface area contributed by atoms with Crippen molar-refractivity contribution in [3.8, 4) is 11.5 Å². The van der Waals surface area contributed by atoms with E-state index in [-0.39, 0.29) is 22.2 Å². The molecule has 2 aromatic carbocycles. The second-order valence-corrected chi connectivity index (χ2v) is 7.54. The predicted molar refractivity (Wildman–Crippen MR) is 101 cm³/mol. The van der Waals surface area contributed by atoms with E-state index in [4.69, 9.17) is 21.1 Å². The summed E-state index contributed by atoms with van der Waals surface area (Å²) in [6, 6.07) is 7.27. The number of hydrogen-bond acceptors (Lipinski definition) is 5. The van der Waals surface area contributed by atoms with E-state index < -0.39 is 10.0 Å². The summed E-state index contributed by atoms with van der Waals surface area (Å²) in [4.78, 5) is 11.3. The van der Waals surface area contributed by atoms with Gasteiger partial charge in [0.2, 0.25) is 5.91 Å².